The average Bonchev–Trinajstić information content (AvgIpc) is 2.87. The number of amides is 1. The van der Waals surface area contributed by atoms with E-state index in [0.29, 0.717) is 18.8 Å². The molecule has 2 N–H and O–H groups in total. The second-order valence-corrected chi connectivity index (χ2v) is 6.65. The van der Waals surface area contributed by atoms with E-state index in [2.05, 4.69) is 10.3 Å². The zero-order valence-corrected chi connectivity index (χ0v) is 14.2. The number of anilines is 1. The number of likely N-dealkylation sites (tertiary alicyclic amines) is 1. The van der Waals surface area contributed by atoms with Crippen molar-refractivity contribution < 1.29 is 23.8 Å². The number of ether oxygens (including phenoxy) is 1. The molecule has 1 saturated heterocycles. The van der Waals surface area contributed by atoms with Crippen molar-refractivity contribution in [3.63, 3.8) is 0 Å². The summed E-state index contributed by atoms with van der Waals surface area (Å²) in [6.45, 7) is 2.74. The van der Waals surface area contributed by atoms with Crippen LogP contribution in [0.25, 0.3) is 0 Å². The van der Waals surface area contributed by atoms with Crippen LogP contribution in [0.5, 0.6) is 5.75 Å². The van der Waals surface area contributed by atoms with Crippen molar-refractivity contribution in [2.75, 3.05) is 25.0 Å². The Bertz CT molecular complexity index is 804. The average molecular weight is 365 g/mol. The predicted molar refractivity (Wildman–Crippen MR) is 89.7 cm³/mol. The molecule has 0 unspecified atom stereocenters. The summed E-state index contributed by atoms with van der Waals surface area (Å²) in [5.41, 5.74) is 0.370. The highest BCUT2D eigenvalue weighted by molar-refractivity contribution is 7.17. The van der Waals surface area contributed by atoms with Crippen molar-refractivity contribution in [2.24, 2.45) is 0 Å². The molecule has 0 saturated carbocycles. The molecule has 132 valence electrons. The summed E-state index contributed by atoms with van der Waals surface area (Å²) < 4.78 is 19.0. The van der Waals surface area contributed by atoms with E-state index in [1.807, 2.05) is 4.90 Å². The van der Waals surface area contributed by atoms with E-state index in [1.54, 1.807) is 25.1 Å². The Morgan fingerprint density at radius 1 is 1.44 bits per heavy atom. The van der Waals surface area contributed by atoms with E-state index in [-0.39, 0.29) is 34.3 Å². The number of hydrogen-bond donors (Lipinski definition) is 2. The van der Waals surface area contributed by atoms with Crippen LogP contribution in [0, 0.1) is 12.7 Å². The lowest BCUT2D eigenvalue weighted by Crippen LogP contribution is -2.55. The molecule has 1 amide bonds. The quantitative estimate of drug-likeness (QED) is 0.813. The molecule has 1 aliphatic heterocycles. The van der Waals surface area contributed by atoms with Crippen LogP contribution < -0.4 is 10.1 Å². The third-order valence-corrected chi connectivity index (χ3v) is 4.72. The summed E-state index contributed by atoms with van der Waals surface area (Å²) in [6, 6.07) is 6.19. The van der Waals surface area contributed by atoms with Crippen LogP contribution in [0.2, 0.25) is 0 Å². The Hall–Kier alpha value is -2.52. The zero-order chi connectivity index (χ0) is 18.0. The molecular weight excluding hydrogens is 349 g/mol. The fraction of sp³-hybridized carbons (Fsp3) is 0.312. The summed E-state index contributed by atoms with van der Waals surface area (Å²) >= 11 is 0.925. The van der Waals surface area contributed by atoms with Crippen LogP contribution in [-0.4, -0.2) is 52.6 Å². The van der Waals surface area contributed by atoms with E-state index >= 15 is 0 Å². The van der Waals surface area contributed by atoms with Crippen LogP contribution in [0.1, 0.15) is 15.4 Å². The fourth-order valence-electron chi connectivity index (χ4n) is 2.46. The number of rotatable bonds is 6. The second kappa shape index (κ2) is 7.16. The van der Waals surface area contributed by atoms with Gasteiger partial charge >= 0.3 is 5.97 Å². The topological polar surface area (TPSA) is 91.8 Å². The molecule has 0 bridgehead atoms. The lowest BCUT2D eigenvalue weighted by atomic mass is 10.1. The molecule has 7 nitrogen and oxygen atoms in total. The largest absolute Gasteiger partial charge is 0.485 e. The molecular formula is C16H16FN3O4S. The second-order valence-electron chi connectivity index (χ2n) is 5.65. The SMILES string of the molecule is Cc1nc(NC(=O)CN2CC(Oc3ccccc3F)C2)sc1C(=O)O. The number of thiazole rings is 1. The highest BCUT2D eigenvalue weighted by Gasteiger charge is 2.30. The van der Waals surface area contributed by atoms with Gasteiger partial charge in [-0.25, -0.2) is 14.2 Å². The molecule has 0 aliphatic carbocycles. The lowest BCUT2D eigenvalue weighted by Gasteiger charge is -2.38. The van der Waals surface area contributed by atoms with Crippen LogP contribution in [-0.2, 0) is 4.79 Å². The molecule has 1 aliphatic rings. The van der Waals surface area contributed by atoms with Crippen LogP contribution in [0.4, 0.5) is 9.52 Å². The third-order valence-electron chi connectivity index (χ3n) is 3.66. The highest BCUT2D eigenvalue weighted by atomic mass is 32.1. The van der Waals surface area contributed by atoms with Gasteiger partial charge in [-0.1, -0.05) is 23.5 Å². The maximum Gasteiger partial charge on any atom is 0.347 e. The van der Waals surface area contributed by atoms with Gasteiger partial charge in [0.15, 0.2) is 16.7 Å². The van der Waals surface area contributed by atoms with E-state index in [4.69, 9.17) is 9.84 Å². The molecule has 0 atom stereocenters. The number of aryl methyl sites for hydroxylation is 1. The Morgan fingerprint density at radius 3 is 2.80 bits per heavy atom. The van der Waals surface area contributed by atoms with E-state index in [0.717, 1.165) is 11.3 Å². The number of para-hydroxylation sites is 1. The van der Waals surface area contributed by atoms with Gasteiger partial charge in [0, 0.05) is 13.1 Å². The Balaban J connectivity index is 1.45. The molecule has 2 aromatic rings. The fourth-order valence-corrected chi connectivity index (χ4v) is 3.28. The first-order valence-electron chi connectivity index (χ1n) is 7.56. The minimum atomic E-state index is -1.06. The van der Waals surface area contributed by atoms with Crippen molar-refractivity contribution >= 4 is 28.3 Å². The lowest BCUT2D eigenvalue weighted by molar-refractivity contribution is -0.119. The molecule has 1 aromatic heterocycles. The normalized spacial score (nSPS) is 14.8. The summed E-state index contributed by atoms with van der Waals surface area (Å²) in [6.07, 6.45) is -0.162. The smallest absolute Gasteiger partial charge is 0.347 e. The molecule has 25 heavy (non-hydrogen) atoms. The van der Waals surface area contributed by atoms with Crippen LogP contribution in [0.3, 0.4) is 0 Å². The van der Waals surface area contributed by atoms with Crippen molar-refractivity contribution in [1.82, 2.24) is 9.88 Å². The number of hydrogen-bond acceptors (Lipinski definition) is 6. The van der Waals surface area contributed by atoms with Gasteiger partial charge in [0.2, 0.25) is 5.91 Å². The molecule has 2 heterocycles. The predicted octanol–water partition coefficient (Wildman–Crippen LogP) is 1.99. The molecule has 3 rings (SSSR count). The number of nitrogens with zero attached hydrogens (tertiary/aromatic N) is 2. The first-order chi connectivity index (χ1) is 11.9. The number of halogens is 1. The number of carbonyl (C=O) groups excluding carboxylic acids is 1. The van der Waals surface area contributed by atoms with Gasteiger partial charge in [-0.2, -0.15) is 0 Å². The maximum absolute atomic E-state index is 13.5. The first-order valence-corrected chi connectivity index (χ1v) is 8.38. The minimum absolute atomic E-state index is 0.109. The van der Waals surface area contributed by atoms with Crippen LogP contribution in [0.15, 0.2) is 24.3 Å². The van der Waals surface area contributed by atoms with Crippen molar-refractivity contribution in [3.8, 4) is 5.75 Å². The van der Waals surface area contributed by atoms with Crippen molar-refractivity contribution in [2.45, 2.75) is 13.0 Å². The summed E-state index contributed by atoms with van der Waals surface area (Å²) in [7, 11) is 0. The summed E-state index contributed by atoms with van der Waals surface area (Å²) in [4.78, 5) is 28.9. The minimum Gasteiger partial charge on any atom is -0.485 e. The van der Waals surface area contributed by atoms with Crippen molar-refractivity contribution in [3.05, 3.63) is 40.7 Å². The molecule has 1 fully saturated rings. The van der Waals surface area contributed by atoms with E-state index in [9.17, 15) is 14.0 Å². The number of nitrogens with one attached hydrogen (secondary N) is 1. The number of benzene rings is 1. The van der Waals surface area contributed by atoms with Gasteiger partial charge < -0.3 is 15.2 Å². The molecule has 0 spiro atoms. The Labute approximate surface area is 147 Å². The Kier molecular flexibility index (Phi) is 4.95. The van der Waals surface area contributed by atoms with Gasteiger partial charge in [-0.15, -0.1) is 0 Å². The molecule has 1 aromatic carbocycles. The standard InChI is InChI=1S/C16H16FN3O4S/c1-9-14(15(22)23)25-16(18-9)19-13(21)8-20-6-10(7-20)24-12-5-3-2-4-11(12)17/h2-5,10H,6-8H2,1H3,(H,22,23)(H,18,19,21). The number of carboxylic acids is 1. The van der Waals surface area contributed by atoms with Crippen LogP contribution >= 0.6 is 11.3 Å². The first kappa shape index (κ1) is 17.3. The maximum atomic E-state index is 13.5. The number of carbonyl (C=O) groups is 2. The van der Waals surface area contributed by atoms with Gasteiger partial charge in [0.05, 0.1) is 12.2 Å². The zero-order valence-electron chi connectivity index (χ0n) is 13.4. The number of carboxylic acid groups (broad SMARTS) is 1. The van der Waals surface area contributed by atoms with Gasteiger partial charge in [0.25, 0.3) is 0 Å². The summed E-state index contributed by atoms with van der Waals surface area (Å²) in [5, 5.41) is 11.8. The summed E-state index contributed by atoms with van der Waals surface area (Å²) in [5.74, 6) is -1.55. The van der Waals surface area contributed by atoms with Crippen molar-refractivity contribution in [1.29, 1.82) is 0 Å². The van der Waals surface area contributed by atoms with Gasteiger partial charge in [0.1, 0.15) is 11.0 Å². The molecule has 0 radical (unpaired) electrons. The van der Waals surface area contributed by atoms with E-state index in [1.165, 1.54) is 6.07 Å². The highest BCUT2D eigenvalue weighted by Crippen LogP contribution is 2.23. The van der Waals surface area contributed by atoms with E-state index < -0.39 is 11.8 Å². The molecule has 9 heteroatoms. The van der Waals surface area contributed by atoms with Gasteiger partial charge in [-0.3, -0.25) is 9.69 Å². The monoisotopic (exact) mass is 365 g/mol. The number of aromatic nitrogens is 1. The third kappa shape index (κ3) is 4.12. The number of aromatic carboxylic acids is 1. The Morgan fingerprint density at radius 2 is 2.16 bits per heavy atom. The van der Waals surface area contributed by atoms with Gasteiger partial charge in [-0.05, 0) is 19.1 Å².